The number of Topliss-reactive ketones (excluding diaryl/α,β-unsaturated/α-hetero) is 1. The van der Waals surface area contributed by atoms with Crippen molar-refractivity contribution in [2.24, 2.45) is 0 Å². The van der Waals surface area contributed by atoms with Crippen molar-refractivity contribution in [1.82, 2.24) is 14.3 Å². The number of phenolic OH excluding ortho intramolecular Hbond substituents is 1. The van der Waals surface area contributed by atoms with Crippen LogP contribution in [0.5, 0.6) is 11.5 Å². The van der Waals surface area contributed by atoms with Crippen LogP contribution < -0.4 is 4.74 Å². The summed E-state index contributed by atoms with van der Waals surface area (Å²) in [6.45, 7) is 1.71. The Kier molecular flexibility index (Phi) is 5.60. The monoisotopic (exact) mass is 537 g/mol. The molecule has 1 unspecified atom stereocenters. The van der Waals surface area contributed by atoms with Gasteiger partial charge in [0.05, 0.1) is 41.7 Å². The molecule has 0 aliphatic carbocycles. The van der Waals surface area contributed by atoms with Gasteiger partial charge < -0.3 is 24.3 Å². The van der Waals surface area contributed by atoms with Gasteiger partial charge in [-0.25, -0.2) is 4.98 Å². The van der Waals surface area contributed by atoms with Crippen molar-refractivity contribution >= 4 is 39.0 Å². The van der Waals surface area contributed by atoms with Gasteiger partial charge in [0.1, 0.15) is 17.1 Å². The highest BCUT2D eigenvalue weighted by Gasteiger charge is 2.47. The van der Waals surface area contributed by atoms with Crippen LogP contribution in [-0.4, -0.2) is 43.3 Å². The summed E-state index contributed by atoms with van der Waals surface area (Å²) in [6.07, 6.45) is 3.20. The Morgan fingerprint density at radius 3 is 2.74 bits per heavy atom. The number of rotatable bonds is 5. The number of ketones is 1. The van der Waals surface area contributed by atoms with Crippen molar-refractivity contribution in [3.63, 3.8) is 0 Å². The Hall–Kier alpha value is -4.05. The van der Waals surface area contributed by atoms with E-state index in [-0.39, 0.29) is 29.4 Å². The van der Waals surface area contributed by atoms with Gasteiger partial charge in [-0.1, -0.05) is 6.07 Å². The van der Waals surface area contributed by atoms with Gasteiger partial charge in [0.25, 0.3) is 11.7 Å². The number of aliphatic hydroxyl groups excluding tert-OH is 1. The van der Waals surface area contributed by atoms with Crippen molar-refractivity contribution in [1.29, 1.82) is 0 Å². The lowest BCUT2D eigenvalue weighted by Crippen LogP contribution is -2.29. The van der Waals surface area contributed by atoms with Crippen LogP contribution in [0.4, 0.5) is 0 Å². The number of hydrogen-bond acceptors (Lipinski definition) is 7. The fourth-order valence-electron chi connectivity index (χ4n) is 4.39. The number of carbonyl (C=O) groups is 2. The highest BCUT2D eigenvalue weighted by atomic mass is 79.9. The predicted molar refractivity (Wildman–Crippen MR) is 129 cm³/mol. The maximum absolute atomic E-state index is 13.4. The van der Waals surface area contributed by atoms with Gasteiger partial charge >= 0.3 is 0 Å². The molecule has 1 saturated heterocycles. The zero-order chi connectivity index (χ0) is 24.9. The molecule has 0 saturated carbocycles. The molecule has 4 heterocycles. The molecule has 1 aliphatic heterocycles. The fourth-order valence-corrected chi connectivity index (χ4v) is 4.85. The number of benzene rings is 1. The molecule has 5 rings (SSSR count). The van der Waals surface area contributed by atoms with Gasteiger partial charge in [0.2, 0.25) is 0 Å². The number of ether oxygens (including phenoxy) is 1. The van der Waals surface area contributed by atoms with Gasteiger partial charge in [-0.05, 0) is 64.8 Å². The molecule has 1 aromatic carbocycles. The van der Waals surface area contributed by atoms with Crippen LogP contribution in [-0.2, 0) is 16.1 Å². The number of carbonyl (C=O) groups excluding carboxylic acids is 2. The molecule has 0 radical (unpaired) electrons. The Labute approximate surface area is 208 Å². The number of furan rings is 1. The summed E-state index contributed by atoms with van der Waals surface area (Å²) in [7, 11) is 1.40. The largest absolute Gasteiger partial charge is 0.505 e. The zero-order valence-corrected chi connectivity index (χ0v) is 20.3. The second kappa shape index (κ2) is 8.62. The van der Waals surface area contributed by atoms with Crippen molar-refractivity contribution in [2.45, 2.75) is 19.5 Å². The number of imidazole rings is 1. The molecule has 9 nitrogen and oxygen atoms in total. The number of aliphatic hydroxyl groups is 1. The smallest absolute Gasteiger partial charge is 0.296 e. The second-order valence-electron chi connectivity index (χ2n) is 8.03. The number of phenols is 1. The summed E-state index contributed by atoms with van der Waals surface area (Å²) in [5.74, 6) is -1.50. The first-order valence-corrected chi connectivity index (χ1v) is 11.4. The molecule has 1 aliphatic rings. The maximum atomic E-state index is 13.4. The van der Waals surface area contributed by atoms with Gasteiger partial charge in [-0.2, -0.15) is 0 Å². The Balaban J connectivity index is 1.76. The minimum Gasteiger partial charge on any atom is -0.505 e. The molecular formula is C25H20BrN3O6. The lowest BCUT2D eigenvalue weighted by Gasteiger charge is -2.25. The first-order chi connectivity index (χ1) is 16.8. The second-order valence-corrected chi connectivity index (χ2v) is 8.89. The van der Waals surface area contributed by atoms with E-state index in [0.29, 0.717) is 32.8 Å². The molecule has 1 fully saturated rings. The summed E-state index contributed by atoms with van der Waals surface area (Å²) < 4.78 is 12.7. The zero-order valence-electron chi connectivity index (χ0n) is 18.7. The number of likely N-dealkylation sites (tertiary alicyclic amines) is 1. The summed E-state index contributed by atoms with van der Waals surface area (Å²) in [5.41, 5.74) is 1.74. The van der Waals surface area contributed by atoms with E-state index in [2.05, 4.69) is 20.9 Å². The lowest BCUT2D eigenvalue weighted by atomic mass is 9.95. The van der Waals surface area contributed by atoms with E-state index in [4.69, 9.17) is 9.15 Å². The number of aryl methyl sites for hydroxylation is 1. The average Bonchev–Trinajstić information content (AvgIpc) is 3.53. The van der Waals surface area contributed by atoms with Crippen molar-refractivity contribution in [3.05, 3.63) is 87.7 Å². The first-order valence-electron chi connectivity index (χ1n) is 10.6. The Morgan fingerprint density at radius 1 is 1.23 bits per heavy atom. The van der Waals surface area contributed by atoms with Crippen molar-refractivity contribution in [3.8, 4) is 11.5 Å². The number of halogens is 1. The first kappa shape index (κ1) is 22.7. The van der Waals surface area contributed by atoms with Crippen LogP contribution in [0.25, 0.3) is 11.4 Å². The molecule has 0 spiro atoms. The fraction of sp³-hybridized carbons (Fsp3) is 0.160. The molecule has 3 aromatic heterocycles. The minimum absolute atomic E-state index is 0.00797. The summed E-state index contributed by atoms with van der Waals surface area (Å²) >= 11 is 3.31. The normalized spacial score (nSPS) is 17.5. The number of aromatic hydroxyl groups is 1. The number of amides is 1. The van der Waals surface area contributed by atoms with E-state index in [0.717, 1.165) is 0 Å². The van der Waals surface area contributed by atoms with E-state index >= 15 is 0 Å². The Bertz CT molecular complexity index is 1510. The van der Waals surface area contributed by atoms with Crippen LogP contribution in [0.1, 0.15) is 28.8 Å². The van der Waals surface area contributed by atoms with Gasteiger partial charge in [0, 0.05) is 6.20 Å². The van der Waals surface area contributed by atoms with E-state index in [1.54, 1.807) is 47.9 Å². The standard InChI is InChI=1S/C25H20BrN3O6/c1-13-20(28-8-4-3-7-18(28)27-13)23(31)19-21(14-10-16(26)22(30)17(11-14)34-2)29(25(33)24(19)32)12-15-6-5-9-35-15/h3-11,21,30-31H,12H2,1-2H3. The van der Waals surface area contributed by atoms with Gasteiger partial charge in [-0.15, -0.1) is 0 Å². The third kappa shape index (κ3) is 3.66. The number of nitrogens with zero attached hydrogens (tertiary/aromatic N) is 3. The number of aromatic nitrogens is 2. The molecule has 1 atom stereocenters. The lowest BCUT2D eigenvalue weighted by molar-refractivity contribution is -0.140. The van der Waals surface area contributed by atoms with Crippen LogP contribution in [0, 0.1) is 6.92 Å². The van der Waals surface area contributed by atoms with Crippen LogP contribution >= 0.6 is 15.9 Å². The Morgan fingerprint density at radius 2 is 2.03 bits per heavy atom. The van der Waals surface area contributed by atoms with Gasteiger partial charge in [0.15, 0.2) is 17.3 Å². The molecule has 35 heavy (non-hydrogen) atoms. The topological polar surface area (TPSA) is 118 Å². The van der Waals surface area contributed by atoms with E-state index in [9.17, 15) is 19.8 Å². The molecular weight excluding hydrogens is 518 g/mol. The van der Waals surface area contributed by atoms with Gasteiger partial charge in [-0.3, -0.25) is 14.0 Å². The highest BCUT2D eigenvalue weighted by Crippen LogP contribution is 2.45. The number of hydrogen-bond donors (Lipinski definition) is 2. The quantitative estimate of drug-likeness (QED) is 0.221. The van der Waals surface area contributed by atoms with E-state index in [1.807, 2.05) is 6.07 Å². The number of pyridine rings is 1. The molecule has 0 bridgehead atoms. The summed E-state index contributed by atoms with van der Waals surface area (Å²) in [4.78, 5) is 32.4. The molecule has 178 valence electrons. The van der Waals surface area contributed by atoms with Crippen LogP contribution in [0.3, 0.4) is 0 Å². The van der Waals surface area contributed by atoms with Crippen LogP contribution in [0.15, 0.2) is 69.4 Å². The molecule has 2 N–H and O–H groups in total. The molecule has 10 heteroatoms. The van der Waals surface area contributed by atoms with Crippen molar-refractivity contribution in [2.75, 3.05) is 7.11 Å². The van der Waals surface area contributed by atoms with E-state index in [1.165, 1.54) is 24.3 Å². The molecule has 1 amide bonds. The third-order valence-electron chi connectivity index (χ3n) is 5.96. The SMILES string of the molecule is COc1cc(C2C(=C(O)c3c(C)nc4ccccn34)C(=O)C(=O)N2Cc2ccco2)cc(Br)c1O. The van der Waals surface area contributed by atoms with E-state index < -0.39 is 17.7 Å². The third-order valence-corrected chi connectivity index (χ3v) is 6.57. The maximum Gasteiger partial charge on any atom is 0.296 e. The van der Waals surface area contributed by atoms with Crippen molar-refractivity contribution < 1.29 is 29.0 Å². The van der Waals surface area contributed by atoms with Crippen LogP contribution in [0.2, 0.25) is 0 Å². The average molecular weight is 538 g/mol. The highest BCUT2D eigenvalue weighted by molar-refractivity contribution is 9.10. The minimum atomic E-state index is -0.987. The number of methoxy groups -OCH3 is 1. The summed E-state index contributed by atoms with van der Waals surface area (Å²) in [5, 5.41) is 21.8. The molecule has 4 aromatic rings. The summed E-state index contributed by atoms with van der Waals surface area (Å²) in [6, 6.07) is 10.9. The predicted octanol–water partition coefficient (Wildman–Crippen LogP) is 4.33. The number of fused-ring (bicyclic) bond motifs is 1.